The second-order valence-electron chi connectivity index (χ2n) is 7.16. The summed E-state index contributed by atoms with van der Waals surface area (Å²) in [6.45, 7) is 3.70. The van der Waals surface area contributed by atoms with E-state index in [9.17, 15) is 18.0 Å². The number of hydrogen-bond donors (Lipinski definition) is 0. The Balaban J connectivity index is 1.51. The van der Waals surface area contributed by atoms with E-state index >= 15 is 0 Å². The smallest absolute Gasteiger partial charge is 0.451 e. The zero-order valence-electron chi connectivity index (χ0n) is 14.8. The number of furan rings is 1. The second-order valence-corrected chi connectivity index (χ2v) is 7.16. The highest BCUT2D eigenvalue weighted by Crippen LogP contribution is 2.30. The summed E-state index contributed by atoms with van der Waals surface area (Å²) in [7, 11) is 0. The highest BCUT2D eigenvalue weighted by atomic mass is 19.4. The molecule has 4 rings (SSSR count). The first kappa shape index (κ1) is 18.2. The number of benzene rings is 1. The first-order chi connectivity index (χ1) is 12.9. The molecule has 2 aromatic rings. The van der Waals surface area contributed by atoms with Crippen molar-refractivity contribution < 1.29 is 27.1 Å². The molecule has 0 bridgehead atoms. The number of fused-ring (bicyclic) bond motifs is 1. The van der Waals surface area contributed by atoms with Crippen molar-refractivity contribution in [1.29, 1.82) is 0 Å². The average Bonchev–Trinajstić information content (AvgIpc) is 3.32. The molecule has 1 aromatic heterocycles. The van der Waals surface area contributed by atoms with E-state index < -0.39 is 6.36 Å². The number of halogens is 3. The highest BCUT2D eigenvalue weighted by Gasteiger charge is 2.33. The summed E-state index contributed by atoms with van der Waals surface area (Å²) in [6, 6.07) is 5.45. The monoisotopic (exact) mass is 382 g/mol. The summed E-state index contributed by atoms with van der Waals surface area (Å²) < 4.78 is 46.7. The van der Waals surface area contributed by atoms with E-state index in [1.54, 1.807) is 0 Å². The van der Waals surface area contributed by atoms with Crippen molar-refractivity contribution in [3.05, 3.63) is 30.0 Å². The molecule has 2 aliphatic heterocycles. The summed E-state index contributed by atoms with van der Waals surface area (Å²) in [5.74, 6) is -0.378. The lowest BCUT2D eigenvalue weighted by Gasteiger charge is -2.27. The second kappa shape index (κ2) is 7.07. The molecule has 27 heavy (non-hydrogen) atoms. The molecule has 8 heteroatoms. The third-order valence-corrected chi connectivity index (χ3v) is 5.24. The van der Waals surface area contributed by atoms with Crippen molar-refractivity contribution in [2.75, 3.05) is 26.2 Å². The van der Waals surface area contributed by atoms with Gasteiger partial charge in [0, 0.05) is 24.5 Å². The standard InChI is InChI=1S/C19H21F3N2O3/c20-19(21,22)27-15-5-6-16-13(10-15)11-17(26-16)18(25)24-9-3-4-14(24)12-23-7-1-2-8-23/h5-6,10-11,14H,1-4,7-9,12H2. The molecule has 0 saturated carbocycles. The molecule has 1 unspecified atom stereocenters. The number of rotatable bonds is 4. The summed E-state index contributed by atoms with van der Waals surface area (Å²) in [5.41, 5.74) is 0.364. The van der Waals surface area contributed by atoms with Crippen molar-refractivity contribution in [2.45, 2.75) is 38.1 Å². The Morgan fingerprint density at radius 3 is 2.67 bits per heavy atom. The van der Waals surface area contributed by atoms with E-state index in [-0.39, 0.29) is 23.5 Å². The van der Waals surface area contributed by atoms with Crippen LogP contribution in [0.1, 0.15) is 36.2 Å². The molecule has 0 spiro atoms. The first-order valence-electron chi connectivity index (χ1n) is 9.22. The lowest BCUT2D eigenvalue weighted by Crippen LogP contribution is -2.42. The topological polar surface area (TPSA) is 45.9 Å². The Morgan fingerprint density at radius 2 is 1.93 bits per heavy atom. The van der Waals surface area contributed by atoms with Gasteiger partial charge < -0.3 is 19.0 Å². The Morgan fingerprint density at radius 1 is 1.15 bits per heavy atom. The first-order valence-corrected chi connectivity index (χ1v) is 9.22. The molecule has 3 heterocycles. The van der Waals surface area contributed by atoms with Gasteiger partial charge in [0.25, 0.3) is 5.91 Å². The van der Waals surface area contributed by atoms with Crippen molar-refractivity contribution in [1.82, 2.24) is 9.80 Å². The molecule has 146 valence electrons. The van der Waals surface area contributed by atoms with Crippen LogP contribution in [-0.4, -0.2) is 54.3 Å². The molecule has 1 amide bonds. The van der Waals surface area contributed by atoms with Crippen molar-refractivity contribution in [2.24, 2.45) is 0 Å². The largest absolute Gasteiger partial charge is 0.573 e. The number of hydrogen-bond acceptors (Lipinski definition) is 4. The fourth-order valence-electron chi connectivity index (χ4n) is 4.02. The zero-order valence-corrected chi connectivity index (χ0v) is 14.8. The van der Waals surface area contributed by atoms with E-state index in [4.69, 9.17) is 4.42 Å². The van der Waals surface area contributed by atoms with E-state index in [1.165, 1.54) is 37.1 Å². The van der Waals surface area contributed by atoms with Gasteiger partial charge in [-0.05, 0) is 63.0 Å². The van der Waals surface area contributed by atoms with Crippen LogP contribution in [0, 0.1) is 0 Å². The number of carbonyl (C=O) groups is 1. The Bertz CT molecular complexity index is 827. The molecule has 2 aliphatic rings. The van der Waals surface area contributed by atoms with Crippen LogP contribution in [0.3, 0.4) is 0 Å². The molecule has 0 N–H and O–H groups in total. The number of likely N-dealkylation sites (tertiary alicyclic amines) is 2. The summed E-state index contributed by atoms with van der Waals surface area (Å²) in [5, 5.41) is 0.412. The molecule has 5 nitrogen and oxygen atoms in total. The molecule has 1 atom stereocenters. The van der Waals surface area contributed by atoms with Crippen LogP contribution >= 0.6 is 0 Å². The van der Waals surface area contributed by atoms with Gasteiger partial charge in [-0.15, -0.1) is 13.2 Å². The van der Waals surface area contributed by atoms with Crippen LogP contribution in [0.4, 0.5) is 13.2 Å². The normalized spacial score (nSPS) is 21.3. The van der Waals surface area contributed by atoms with Crippen molar-refractivity contribution in [3.63, 3.8) is 0 Å². The lowest BCUT2D eigenvalue weighted by molar-refractivity contribution is -0.274. The Labute approximate surface area is 154 Å². The minimum absolute atomic E-state index is 0.155. The lowest BCUT2D eigenvalue weighted by atomic mass is 10.2. The zero-order chi connectivity index (χ0) is 19.0. The van der Waals surface area contributed by atoms with Gasteiger partial charge in [0.2, 0.25) is 0 Å². The Kier molecular flexibility index (Phi) is 4.75. The molecule has 0 radical (unpaired) electrons. The van der Waals surface area contributed by atoms with Gasteiger partial charge in [0.1, 0.15) is 11.3 Å². The number of amides is 1. The number of nitrogens with zero attached hydrogens (tertiary/aromatic N) is 2. The number of alkyl halides is 3. The SMILES string of the molecule is O=C(c1cc2cc(OC(F)(F)F)ccc2o1)N1CCCC1CN1CCCC1. The van der Waals surface area contributed by atoms with Gasteiger partial charge in [-0.25, -0.2) is 0 Å². The molecular weight excluding hydrogens is 361 g/mol. The minimum atomic E-state index is -4.76. The fourth-order valence-corrected chi connectivity index (χ4v) is 4.02. The van der Waals surface area contributed by atoms with Crippen LogP contribution in [0.15, 0.2) is 28.7 Å². The van der Waals surface area contributed by atoms with Crippen molar-refractivity contribution in [3.8, 4) is 5.75 Å². The van der Waals surface area contributed by atoms with Gasteiger partial charge in [-0.1, -0.05) is 0 Å². The van der Waals surface area contributed by atoms with Crippen molar-refractivity contribution >= 4 is 16.9 Å². The van der Waals surface area contributed by atoms with Crippen LogP contribution in [0.2, 0.25) is 0 Å². The van der Waals surface area contributed by atoms with Gasteiger partial charge in [-0.3, -0.25) is 4.79 Å². The van der Waals surface area contributed by atoms with E-state index in [1.807, 2.05) is 4.90 Å². The fraction of sp³-hybridized carbons (Fsp3) is 0.526. The van der Waals surface area contributed by atoms with Gasteiger partial charge >= 0.3 is 6.36 Å². The maximum atomic E-state index is 12.9. The van der Waals surface area contributed by atoms with Gasteiger partial charge in [0.05, 0.1) is 0 Å². The van der Waals surface area contributed by atoms with Crippen LogP contribution in [-0.2, 0) is 0 Å². The quantitative estimate of drug-likeness (QED) is 0.801. The van der Waals surface area contributed by atoms with Crippen LogP contribution in [0.25, 0.3) is 11.0 Å². The third kappa shape index (κ3) is 4.05. The summed E-state index contributed by atoms with van der Waals surface area (Å²) >= 11 is 0. The van der Waals surface area contributed by atoms with Crippen LogP contribution < -0.4 is 4.74 Å². The Hall–Kier alpha value is -2.22. The molecule has 2 saturated heterocycles. The number of carbonyl (C=O) groups excluding carboxylic acids is 1. The maximum absolute atomic E-state index is 12.9. The van der Waals surface area contributed by atoms with Gasteiger partial charge in [0.15, 0.2) is 5.76 Å². The average molecular weight is 382 g/mol. The third-order valence-electron chi connectivity index (χ3n) is 5.24. The summed E-state index contributed by atoms with van der Waals surface area (Å²) in [4.78, 5) is 17.1. The summed E-state index contributed by atoms with van der Waals surface area (Å²) in [6.07, 6.45) is -0.437. The minimum Gasteiger partial charge on any atom is -0.451 e. The van der Waals surface area contributed by atoms with E-state index in [0.29, 0.717) is 17.5 Å². The highest BCUT2D eigenvalue weighted by molar-refractivity contribution is 5.96. The predicted molar refractivity (Wildman–Crippen MR) is 92.6 cm³/mol. The van der Waals surface area contributed by atoms with Crippen LogP contribution in [0.5, 0.6) is 5.75 Å². The maximum Gasteiger partial charge on any atom is 0.573 e. The predicted octanol–water partition coefficient (Wildman–Crippen LogP) is 4.03. The number of ether oxygens (including phenoxy) is 1. The van der Waals surface area contributed by atoms with E-state index in [2.05, 4.69) is 9.64 Å². The molecule has 1 aromatic carbocycles. The van der Waals surface area contributed by atoms with Gasteiger partial charge in [-0.2, -0.15) is 0 Å². The molecule has 2 fully saturated rings. The molecular formula is C19H21F3N2O3. The van der Waals surface area contributed by atoms with E-state index in [0.717, 1.165) is 32.5 Å². The molecule has 0 aliphatic carbocycles.